The fourth-order valence-electron chi connectivity index (χ4n) is 5.47. The molecule has 3 aliphatic rings. The van der Waals surface area contributed by atoms with E-state index in [0.717, 1.165) is 62.0 Å². The van der Waals surface area contributed by atoms with Crippen LogP contribution in [0.5, 0.6) is 23.0 Å². The number of ether oxygens (including phenoxy) is 4. The monoisotopic (exact) mass is 410 g/mol. The van der Waals surface area contributed by atoms with Gasteiger partial charge < -0.3 is 18.9 Å². The molecule has 160 valence electrons. The zero-order valence-corrected chi connectivity index (χ0v) is 18.2. The molecule has 3 heterocycles. The first-order valence-corrected chi connectivity index (χ1v) is 10.6. The molecule has 0 unspecified atom stereocenters. The predicted molar refractivity (Wildman–Crippen MR) is 115 cm³/mol. The number of rotatable bonds is 4. The van der Waals surface area contributed by atoms with E-state index in [9.17, 15) is 0 Å². The molecule has 30 heavy (non-hydrogen) atoms. The molecular weight excluding hydrogens is 380 g/mol. The second-order valence-electron chi connectivity index (χ2n) is 8.33. The minimum atomic E-state index is 0.395. The lowest BCUT2D eigenvalue weighted by molar-refractivity contribution is 0.0157. The summed E-state index contributed by atoms with van der Waals surface area (Å²) in [6.45, 7) is 4.20. The maximum Gasteiger partial charge on any atom is 0.161 e. The molecule has 2 aromatic carbocycles. The van der Waals surface area contributed by atoms with E-state index in [4.69, 9.17) is 18.9 Å². The molecule has 0 aromatic heterocycles. The zero-order chi connectivity index (χ0) is 20.8. The van der Waals surface area contributed by atoms with Crippen LogP contribution >= 0.6 is 0 Å². The van der Waals surface area contributed by atoms with Gasteiger partial charge in [0.2, 0.25) is 0 Å². The van der Waals surface area contributed by atoms with Crippen LogP contribution in [0.3, 0.4) is 0 Å². The zero-order valence-electron chi connectivity index (χ0n) is 18.2. The Morgan fingerprint density at radius 2 is 0.967 bits per heavy atom. The molecule has 0 amide bonds. The summed E-state index contributed by atoms with van der Waals surface area (Å²) < 4.78 is 22.3. The topological polar surface area (TPSA) is 43.4 Å². The number of hydrogen-bond donors (Lipinski definition) is 0. The normalized spacial score (nSPS) is 22.9. The van der Waals surface area contributed by atoms with Crippen LogP contribution in [0.4, 0.5) is 0 Å². The second kappa shape index (κ2) is 7.67. The van der Waals surface area contributed by atoms with Crippen molar-refractivity contribution in [1.29, 1.82) is 0 Å². The van der Waals surface area contributed by atoms with Gasteiger partial charge >= 0.3 is 0 Å². The maximum absolute atomic E-state index is 5.60. The third-order valence-electron chi connectivity index (χ3n) is 7.04. The lowest BCUT2D eigenvalue weighted by Gasteiger charge is -2.51. The predicted octanol–water partition coefficient (Wildman–Crippen LogP) is 3.23. The average Bonchev–Trinajstić information content (AvgIpc) is 2.80. The summed E-state index contributed by atoms with van der Waals surface area (Å²) in [4.78, 5) is 5.28. The highest BCUT2D eigenvalue weighted by Crippen LogP contribution is 2.45. The summed E-state index contributed by atoms with van der Waals surface area (Å²) in [5.74, 6) is 3.29. The van der Waals surface area contributed by atoms with Crippen molar-refractivity contribution in [3.05, 3.63) is 46.5 Å². The van der Waals surface area contributed by atoms with E-state index in [1.807, 2.05) is 0 Å². The maximum atomic E-state index is 5.60. The van der Waals surface area contributed by atoms with Gasteiger partial charge in [-0.15, -0.1) is 0 Å². The average molecular weight is 411 g/mol. The van der Waals surface area contributed by atoms with Crippen molar-refractivity contribution < 1.29 is 18.9 Å². The van der Waals surface area contributed by atoms with E-state index in [2.05, 4.69) is 34.1 Å². The molecule has 2 aromatic rings. The van der Waals surface area contributed by atoms with Crippen molar-refractivity contribution in [2.45, 2.75) is 24.9 Å². The van der Waals surface area contributed by atoms with Crippen molar-refractivity contribution in [1.82, 2.24) is 9.80 Å². The Morgan fingerprint density at radius 3 is 1.33 bits per heavy atom. The lowest BCUT2D eigenvalue weighted by atomic mass is 9.84. The Kier molecular flexibility index (Phi) is 4.99. The van der Waals surface area contributed by atoms with Gasteiger partial charge in [-0.1, -0.05) is 0 Å². The first kappa shape index (κ1) is 19.5. The molecule has 0 radical (unpaired) electrons. The van der Waals surface area contributed by atoms with Crippen molar-refractivity contribution >= 4 is 0 Å². The van der Waals surface area contributed by atoms with E-state index < -0.39 is 0 Å². The lowest BCUT2D eigenvalue weighted by Crippen LogP contribution is -2.54. The minimum Gasteiger partial charge on any atom is -0.493 e. The summed E-state index contributed by atoms with van der Waals surface area (Å²) in [7, 11) is 6.84. The number of piperazine rings is 1. The quantitative estimate of drug-likeness (QED) is 0.771. The van der Waals surface area contributed by atoms with E-state index in [1.54, 1.807) is 28.4 Å². The SMILES string of the molecule is COc1cc2c(cc1OC)[C@H]1CN3CCc4cc(OC)c(OC)cc4[C@@H]3CN1CC2. The van der Waals surface area contributed by atoms with Crippen LogP contribution in [-0.2, 0) is 12.8 Å². The number of fused-ring (bicyclic) bond motifs is 6. The highest BCUT2D eigenvalue weighted by Gasteiger charge is 2.41. The highest BCUT2D eigenvalue weighted by molar-refractivity contribution is 5.51. The Balaban J connectivity index is 1.48. The third kappa shape index (κ3) is 3.01. The number of methoxy groups -OCH3 is 4. The minimum absolute atomic E-state index is 0.395. The van der Waals surface area contributed by atoms with Crippen molar-refractivity contribution in [2.75, 3.05) is 54.6 Å². The van der Waals surface area contributed by atoms with Crippen LogP contribution in [0.2, 0.25) is 0 Å². The smallest absolute Gasteiger partial charge is 0.161 e. The highest BCUT2D eigenvalue weighted by atomic mass is 16.5. The molecule has 3 aliphatic heterocycles. The standard InChI is InChI=1S/C24H30N2O4/c1-27-21-9-15-5-7-25-14-20-18-12-24(30-4)22(28-2)10-16(18)6-8-26(20)13-19(25)17(15)11-23(21)29-3/h9-12,19-20H,5-8,13-14H2,1-4H3/t19-,20+. The van der Waals surface area contributed by atoms with Crippen LogP contribution in [-0.4, -0.2) is 64.4 Å². The first-order chi connectivity index (χ1) is 14.7. The summed E-state index contributed by atoms with van der Waals surface area (Å²) in [5, 5.41) is 0. The summed E-state index contributed by atoms with van der Waals surface area (Å²) in [6, 6.07) is 9.51. The number of benzene rings is 2. The van der Waals surface area contributed by atoms with Crippen LogP contribution in [0.15, 0.2) is 24.3 Å². The molecule has 2 atom stereocenters. The van der Waals surface area contributed by atoms with Crippen LogP contribution in [0.1, 0.15) is 34.3 Å². The van der Waals surface area contributed by atoms with Crippen LogP contribution in [0.25, 0.3) is 0 Å². The van der Waals surface area contributed by atoms with E-state index in [-0.39, 0.29) is 0 Å². The number of nitrogens with zero attached hydrogens (tertiary/aromatic N) is 2. The van der Waals surface area contributed by atoms with Crippen molar-refractivity contribution in [3.63, 3.8) is 0 Å². The fraction of sp³-hybridized carbons (Fsp3) is 0.500. The van der Waals surface area contributed by atoms with Gasteiger partial charge in [0.15, 0.2) is 23.0 Å². The van der Waals surface area contributed by atoms with E-state index in [0.29, 0.717) is 12.1 Å². The van der Waals surface area contributed by atoms with Crippen molar-refractivity contribution in [3.8, 4) is 23.0 Å². The molecule has 0 saturated carbocycles. The van der Waals surface area contributed by atoms with Gasteiger partial charge in [-0.3, -0.25) is 9.80 Å². The van der Waals surface area contributed by atoms with Gasteiger partial charge in [0.1, 0.15) is 0 Å². The van der Waals surface area contributed by atoms with Gasteiger partial charge in [0.25, 0.3) is 0 Å². The molecular formula is C24H30N2O4. The first-order valence-electron chi connectivity index (χ1n) is 10.6. The molecule has 1 fully saturated rings. The van der Waals surface area contributed by atoms with Crippen LogP contribution in [0, 0.1) is 0 Å². The second-order valence-corrected chi connectivity index (χ2v) is 8.33. The molecule has 1 saturated heterocycles. The van der Waals surface area contributed by atoms with Gasteiger partial charge in [-0.2, -0.15) is 0 Å². The van der Waals surface area contributed by atoms with E-state index in [1.165, 1.54) is 22.3 Å². The largest absolute Gasteiger partial charge is 0.493 e. The summed E-state index contributed by atoms with van der Waals surface area (Å²) in [5.41, 5.74) is 5.54. The third-order valence-corrected chi connectivity index (χ3v) is 7.04. The van der Waals surface area contributed by atoms with E-state index >= 15 is 0 Å². The van der Waals surface area contributed by atoms with Gasteiger partial charge in [0.05, 0.1) is 28.4 Å². The van der Waals surface area contributed by atoms with Gasteiger partial charge in [-0.25, -0.2) is 0 Å². The Hall–Kier alpha value is -2.44. The fourth-order valence-corrected chi connectivity index (χ4v) is 5.47. The molecule has 6 nitrogen and oxygen atoms in total. The molecule has 6 heteroatoms. The summed E-state index contributed by atoms with van der Waals surface area (Å²) >= 11 is 0. The molecule has 0 bridgehead atoms. The Morgan fingerprint density at radius 1 is 0.600 bits per heavy atom. The van der Waals surface area contributed by atoms with Gasteiger partial charge in [-0.05, 0) is 59.4 Å². The molecule has 0 aliphatic carbocycles. The molecule has 5 rings (SSSR count). The molecule has 0 spiro atoms. The van der Waals surface area contributed by atoms with Gasteiger partial charge in [0, 0.05) is 38.3 Å². The summed E-state index contributed by atoms with van der Waals surface area (Å²) in [6.07, 6.45) is 2.08. The van der Waals surface area contributed by atoms with Crippen molar-refractivity contribution in [2.24, 2.45) is 0 Å². The number of hydrogen-bond acceptors (Lipinski definition) is 6. The molecule has 0 N–H and O–H groups in total. The Labute approximate surface area is 178 Å². The Bertz CT molecular complexity index is 883. The van der Waals surface area contributed by atoms with Crippen LogP contribution < -0.4 is 18.9 Å².